The number of ether oxygens (including phenoxy) is 3. The van der Waals surface area contributed by atoms with E-state index < -0.39 is 41.6 Å². The van der Waals surface area contributed by atoms with Crippen LogP contribution in [0, 0.1) is 11.8 Å². The molecule has 1 N–H and O–H groups in total. The first-order valence-corrected chi connectivity index (χ1v) is 14.0. The number of carbonyl (C=O) groups excluding carboxylic acids is 3. The van der Waals surface area contributed by atoms with Gasteiger partial charge in [0.1, 0.15) is 11.6 Å². The first kappa shape index (κ1) is 27.8. The number of benzene rings is 1. The number of likely N-dealkylation sites (tertiary alicyclic amines) is 1. The van der Waals surface area contributed by atoms with Crippen molar-refractivity contribution in [3.05, 3.63) is 48.6 Å². The van der Waals surface area contributed by atoms with Crippen molar-refractivity contribution >= 4 is 17.8 Å². The molecule has 5 rings (SSSR count). The SMILES string of the molecule is C=CCN(CCN1CCOCC1)C(=O)[C@@H]1N([C@H](CO)c2ccccc2)C(=O)[C@H]2[C@H](C(=O)OCC)[C@@H]3CC[C@]12O3. The van der Waals surface area contributed by atoms with Crippen LogP contribution in [0.15, 0.2) is 43.0 Å². The number of carbonyl (C=O) groups is 3. The molecule has 10 nitrogen and oxygen atoms in total. The van der Waals surface area contributed by atoms with E-state index in [2.05, 4.69) is 11.5 Å². The number of aliphatic hydroxyl groups is 1. The smallest absolute Gasteiger partial charge is 0.312 e. The van der Waals surface area contributed by atoms with Crippen LogP contribution >= 0.6 is 0 Å². The molecule has 1 spiro atoms. The van der Waals surface area contributed by atoms with Crippen molar-refractivity contribution in [2.24, 2.45) is 11.8 Å². The molecular weight excluding hydrogens is 502 g/mol. The zero-order chi connectivity index (χ0) is 27.6. The van der Waals surface area contributed by atoms with E-state index in [4.69, 9.17) is 14.2 Å². The van der Waals surface area contributed by atoms with Gasteiger partial charge in [-0.2, -0.15) is 0 Å². The summed E-state index contributed by atoms with van der Waals surface area (Å²) in [6.07, 6.45) is 2.26. The highest BCUT2D eigenvalue weighted by Gasteiger charge is 2.75. The van der Waals surface area contributed by atoms with Crippen LogP contribution in [0.1, 0.15) is 31.4 Å². The normalized spacial score (nSPS) is 30.7. The average molecular weight is 542 g/mol. The fourth-order valence-corrected chi connectivity index (χ4v) is 6.95. The molecule has 10 heteroatoms. The van der Waals surface area contributed by atoms with Gasteiger partial charge in [0.05, 0.1) is 50.4 Å². The largest absolute Gasteiger partial charge is 0.466 e. The number of hydrogen-bond donors (Lipinski definition) is 1. The molecule has 0 aliphatic carbocycles. The van der Waals surface area contributed by atoms with Crippen molar-refractivity contribution in [2.75, 3.05) is 59.2 Å². The Morgan fingerprint density at radius 1 is 1.28 bits per heavy atom. The van der Waals surface area contributed by atoms with Gasteiger partial charge in [0, 0.05) is 32.7 Å². The Morgan fingerprint density at radius 3 is 2.69 bits per heavy atom. The van der Waals surface area contributed by atoms with E-state index in [-0.39, 0.29) is 25.0 Å². The van der Waals surface area contributed by atoms with Gasteiger partial charge in [-0.3, -0.25) is 19.3 Å². The summed E-state index contributed by atoms with van der Waals surface area (Å²) in [6, 6.07) is 7.46. The lowest BCUT2D eigenvalue weighted by Crippen LogP contribution is -2.58. The third-order valence-corrected chi connectivity index (χ3v) is 8.67. The van der Waals surface area contributed by atoms with Crippen LogP contribution in [-0.2, 0) is 28.6 Å². The van der Waals surface area contributed by atoms with Crippen molar-refractivity contribution in [2.45, 2.75) is 43.6 Å². The highest BCUT2D eigenvalue weighted by Crippen LogP contribution is 2.60. The molecule has 2 amide bonds. The molecule has 212 valence electrons. The number of rotatable bonds is 11. The van der Waals surface area contributed by atoms with E-state index >= 15 is 0 Å². The Labute approximate surface area is 229 Å². The van der Waals surface area contributed by atoms with Crippen molar-refractivity contribution in [3.8, 4) is 0 Å². The summed E-state index contributed by atoms with van der Waals surface area (Å²) in [5.74, 6) is -2.68. The van der Waals surface area contributed by atoms with Gasteiger partial charge in [0.15, 0.2) is 0 Å². The van der Waals surface area contributed by atoms with E-state index in [1.165, 1.54) is 4.90 Å². The zero-order valence-corrected chi connectivity index (χ0v) is 22.6. The maximum absolute atomic E-state index is 14.5. The molecule has 0 radical (unpaired) electrons. The molecule has 1 aromatic carbocycles. The van der Waals surface area contributed by atoms with Gasteiger partial charge >= 0.3 is 5.97 Å². The lowest BCUT2D eigenvalue weighted by Gasteiger charge is -2.40. The first-order valence-electron chi connectivity index (χ1n) is 14.0. The van der Waals surface area contributed by atoms with Crippen molar-refractivity contribution in [3.63, 3.8) is 0 Å². The number of morpholine rings is 1. The predicted octanol–water partition coefficient (Wildman–Crippen LogP) is 1.00. The van der Waals surface area contributed by atoms with E-state index in [9.17, 15) is 19.5 Å². The molecule has 0 aromatic heterocycles. The number of nitrogens with zero attached hydrogens (tertiary/aromatic N) is 3. The van der Waals surface area contributed by atoms with Crippen LogP contribution in [-0.4, -0.2) is 114 Å². The second-order valence-corrected chi connectivity index (χ2v) is 10.7. The third-order valence-electron chi connectivity index (χ3n) is 8.67. The average Bonchev–Trinajstić information content (AvgIpc) is 3.60. The van der Waals surface area contributed by atoms with Crippen molar-refractivity contribution in [1.82, 2.24) is 14.7 Å². The molecule has 4 saturated heterocycles. The maximum atomic E-state index is 14.5. The summed E-state index contributed by atoms with van der Waals surface area (Å²) in [7, 11) is 0. The van der Waals surface area contributed by atoms with E-state index in [0.29, 0.717) is 51.3 Å². The predicted molar refractivity (Wildman–Crippen MR) is 141 cm³/mol. The lowest BCUT2D eigenvalue weighted by atomic mass is 9.70. The quantitative estimate of drug-likeness (QED) is 0.327. The molecule has 0 unspecified atom stereocenters. The van der Waals surface area contributed by atoms with Gasteiger partial charge < -0.3 is 29.1 Å². The number of aliphatic hydroxyl groups excluding tert-OH is 1. The third kappa shape index (κ3) is 4.88. The molecule has 4 aliphatic heterocycles. The van der Waals surface area contributed by atoms with Crippen molar-refractivity contribution in [1.29, 1.82) is 0 Å². The first-order chi connectivity index (χ1) is 19.0. The summed E-state index contributed by atoms with van der Waals surface area (Å²) >= 11 is 0. The van der Waals surface area contributed by atoms with Crippen LogP contribution in [0.3, 0.4) is 0 Å². The summed E-state index contributed by atoms with van der Waals surface area (Å²) in [6.45, 7) is 9.74. The Balaban J connectivity index is 1.52. The molecule has 4 heterocycles. The number of amides is 2. The van der Waals surface area contributed by atoms with Gasteiger partial charge in [-0.1, -0.05) is 36.4 Å². The minimum atomic E-state index is -1.16. The number of fused-ring (bicyclic) bond motifs is 1. The highest BCUT2D eigenvalue weighted by atomic mass is 16.6. The van der Waals surface area contributed by atoms with Gasteiger partial charge in [0.25, 0.3) is 0 Å². The summed E-state index contributed by atoms with van der Waals surface area (Å²) in [5.41, 5.74) is -0.440. The molecule has 0 saturated carbocycles. The van der Waals surface area contributed by atoms with Crippen LogP contribution in [0.25, 0.3) is 0 Å². The summed E-state index contributed by atoms with van der Waals surface area (Å²) in [4.78, 5) is 47.3. The Morgan fingerprint density at radius 2 is 2.03 bits per heavy atom. The fourth-order valence-electron chi connectivity index (χ4n) is 6.95. The minimum Gasteiger partial charge on any atom is -0.466 e. The van der Waals surface area contributed by atoms with Gasteiger partial charge in [-0.15, -0.1) is 6.58 Å². The number of hydrogen-bond acceptors (Lipinski definition) is 8. The van der Waals surface area contributed by atoms with Crippen LogP contribution in [0.4, 0.5) is 0 Å². The maximum Gasteiger partial charge on any atom is 0.312 e. The fraction of sp³-hybridized carbons (Fsp3) is 0.621. The molecule has 2 bridgehead atoms. The van der Waals surface area contributed by atoms with E-state index in [0.717, 1.165) is 13.1 Å². The topological polar surface area (TPSA) is 109 Å². The zero-order valence-electron chi connectivity index (χ0n) is 22.6. The molecule has 39 heavy (non-hydrogen) atoms. The molecule has 4 fully saturated rings. The standard InChI is InChI=1S/C29H39N3O7/c1-3-12-31(14-13-30-15-17-37-18-16-30)27(35)25-29-11-10-22(39-29)23(28(36)38-4-2)24(29)26(34)32(25)21(19-33)20-8-6-5-7-9-20/h3,5-9,21-25,33H,1,4,10-19H2,2H3/t21-,22+,23-,24-,25+,29-/m1/s1. The Bertz CT molecular complexity index is 1060. The lowest BCUT2D eigenvalue weighted by molar-refractivity contribution is -0.156. The molecule has 4 aliphatic rings. The molecular formula is C29H39N3O7. The minimum absolute atomic E-state index is 0.194. The molecule has 1 aromatic rings. The second kappa shape index (κ2) is 11.8. The van der Waals surface area contributed by atoms with Gasteiger partial charge in [-0.05, 0) is 25.3 Å². The van der Waals surface area contributed by atoms with Crippen molar-refractivity contribution < 1.29 is 33.7 Å². The van der Waals surface area contributed by atoms with E-state index in [1.807, 2.05) is 30.3 Å². The molecule has 6 atom stereocenters. The Kier molecular flexibility index (Phi) is 8.37. The Hall–Kier alpha value is -2.79. The van der Waals surface area contributed by atoms with Crippen LogP contribution in [0.2, 0.25) is 0 Å². The monoisotopic (exact) mass is 541 g/mol. The summed E-state index contributed by atoms with van der Waals surface area (Å²) in [5, 5.41) is 10.6. The summed E-state index contributed by atoms with van der Waals surface area (Å²) < 4.78 is 17.3. The van der Waals surface area contributed by atoms with Gasteiger partial charge in [0.2, 0.25) is 11.8 Å². The second-order valence-electron chi connectivity index (χ2n) is 10.7. The van der Waals surface area contributed by atoms with Gasteiger partial charge in [-0.25, -0.2) is 0 Å². The van der Waals surface area contributed by atoms with Crippen LogP contribution in [0.5, 0.6) is 0 Å². The van der Waals surface area contributed by atoms with Crippen LogP contribution < -0.4 is 0 Å². The van der Waals surface area contributed by atoms with E-state index in [1.54, 1.807) is 17.9 Å². The highest BCUT2D eigenvalue weighted by molar-refractivity contribution is 5.98. The number of esters is 1.